The summed E-state index contributed by atoms with van der Waals surface area (Å²) in [6.07, 6.45) is 10.3. The minimum atomic E-state index is -2.57. The van der Waals surface area contributed by atoms with Gasteiger partial charge in [0.15, 0.2) is 0 Å². The second kappa shape index (κ2) is 21.7. The van der Waals surface area contributed by atoms with Crippen molar-refractivity contribution in [1.29, 1.82) is 0 Å². The van der Waals surface area contributed by atoms with Gasteiger partial charge in [-0.25, -0.2) is 0 Å². The summed E-state index contributed by atoms with van der Waals surface area (Å²) in [7, 11) is -5.15. The Hall–Kier alpha value is 0.194. The summed E-state index contributed by atoms with van der Waals surface area (Å²) in [4.78, 5) is 0. The SMILES string of the molecule is CCCO[Si](CCCCCC[Si](OCCC)(OCCC)OCCC)(OCCC)OCCC. The van der Waals surface area contributed by atoms with Crippen molar-refractivity contribution >= 4 is 17.6 Å². The Morgan fingerprint density at radius 1 is 0.344 bits per heavy atom. The molecule has 0 saturated carbocycles. The van der Waals surface area contributed by atoms with Crippen LogP contribution in [0.25, 0.3) is 0 Å². The Labute approximate surface area is 201 Å². The third-order valence-electron chi connectivity index (χ3n) is 4.87. The maximum Gasteiger partial charge on any atom is 0.500 e. The third kappa shape index (κ3) is 15.2. The zero-order valence-corrected chi connectivity index (χ0v) is 24.2. The van der Waals surface area contributed by atoms with Gasteiger partial charge < -0.3 is 26.6 Å². The molecule has 0 aromatic carbocycles. The van der Waals surface area contributed by atoms with Crippen LogP contribution in [0.5, 0.6) is 0 Å². The zero-order chi connectivity index (χ0) is 24.0. The van der Waals surface area contributed by atoms with Crippen LogP contribution < -0.4 is 0 Å². The van der Waals surface area contributed by atoms with Crippen LogP contribution in [-0.4, -0.2) is 57.3 Å². The molecule has 0 saturated heterocycles. The molecule has 0 unspecified atom stereocenters. The first-order valence-electron chi connectivity index (χ1n) is 13.4. The van der Waals surface area contributed by atoms with E-state index >= 15 is 0 Å². The quantitative estimate of drug-likeness (QED) is 0.101. The van der Waals surface area contributed by atoms with E-state index in [1.54, 1.807) is 0 Å². The Kier molecular flexibility index (Phi) is 21.8. The fraction of sp³-hybridized carbons (Fsp3) is 1.00. The highest BCUT2D eigenvalue weighted by Gasteiger charge is 2.41. The molecule has 194 valence electrons. The molecule has 0 amide bonds. The van der Waals surface area contributed by atoms with Gasteiger partial charge in [-0.2, -0.15) is 0 Å². The molecule has 0 rings (SSSR count). The Bertz CT molecular complexity index is 321. The van der Waals surface area contributed by atoms with Crippen LogP contribution in [0, 0.1) is 0 Å². The summed E-state index contributed by atoms with van der Waals surface area (Å²) in [5, 5.41) is 0. The van der Waals surface area contributed by atoms with Crippen molar-refractivity contribution in [3.05, 3.63) is 0 Å². The van der Waals surface area contributed by atoms with Gasteiger partial charge in [-0.05, 0) is 51.4 Å². The van der Waals surface area contributed by atoms with E-state index in [4.69, 9.17) is 26.6 Å². The van der Waals surface area contributed by atoms with Crippen LogP contribution in [0.15, 0.2) is 0 Å². The van der Waals surface area contributed by atoms with E-state index in [0.717, 1.165) is 76.3 Å². The van der Waals surface area contributed by atoms with E-state index in [1.165, 1.54) is 0 Å². The normalized spacial score (nSPS) is 12.6. The molecule has 0 aromatic heterocycles. The van der Waals surface area contributed by atoms with Gasteiger partial charge in [0.25, 0.3) is 0 Å². The summed E-state index contributed by atoms with van der Waals surface area (Å²) in [5.41, 5.74) is 0. The van der Waals surface area contributed by atoms with Crippen LogP contribution >= 0.6 is 0 Å². The highest BCUT2D eigenvalue weighted by molar-refractivity contribution is 6.61. The van der Waals surface area contributed by atoms with Crippen molar-refractivity contribution in [3.8, 4) is 0 Å². The molecule has 32 heavy (non-hydrogen) atoms. The lowest BCUT2D eigenvalue weighted by Crippen LogP contribution is -2.46. The van der Waals surface area contributed by atoms with Gasteiger partial charge in [-0.15, -0.1) is 0 Å². The first-order valence-corrected chi connectivity index (χ1v) is 17.3. The molecule has 0 aliphatic rings. The molecule has 0 radical (unpaired) electrons. The zero-order valence-electron chi connectivity index (χ0n) is 22.2. The molecule has 0 aliphatic carbocycles. The second-order valence-corrected chi connectivity index (χ2v) is 13.8. The first-order chi connectivity index (χ1) is 15.6. The second-order valence-electron chi connectivity index (χ2n) is 8.37. The summed E-state index contributed by atoms with van der Waals surface area (Å²) >= 11 is 0. The number of hydrogen-bond acceptors (Lipinski definition) is 6. The van der Waals surface area contributed by atoms with Crippen molar-refractivity contribution in [3.63, 3.8) is 0 Å². The Morgan fingerprint density at radius 2 is 0.562 bits per heavy atom. The van der Waals surface area contributed by atoms with Gasteiger partial charge in [-0.3, -0.25) is 0 Å². The molecule has 6 nitrogen and oxygen atoms in total. The van der Waals surface area contributed by atoms with E-state index in [9.17, 15) is 0 Å². The summed E-state index contributed by atoms with van der Waals surface area (Å²) in [6.45, 7) is 17.1. The van der Waals surface area contributed by atoms with Gasteiger partial charge >= 0.3 is 17.6 Å². The largest absolute Gasteiger partial charge is 0.500 e. The minimum Gasteiger partial charge on any atom is -0.373 e. The van der Waals surface area contributed by atoms with Crippen LogP contribution in [0.2, 0.25) is 12.1 Å². The van der Waals surface area contributed by atoms with Gasteiger partial charge in [-0.1, -0.05) is 54.4 Å². The van der Waals surface area contributed by atoms with Gasteiger partial charge in [0.05, 0.1) is 0 Å². The summed E-state index contributed by atoms with van der Waals surface area (Å²) in [6, 6.07) is 1.81. The van der Waals surface area contributed by atoms with Crippen molar-refractivity contribution < 1.29 is 26.6 Å². The van der Waals surface area contributed by atoms with Crippen molar-refractivity contribution in [2.45, 2.75) is 118 Å². The van der Waals surface area contributed by atoms with Crippen LogP contribution in [-0.2, 0) is 26.6 Å². The predicted octanol–water partition coefficient (Wildman–Crippen LogP) is 6.98. The van der Waals surface area contributed by atoms with Gasteiger partial charge in [0, 0.05) is 51.7 Å². The first kappa shape index (κ1) is 32.2. The average Bonchev–Trinajstić information content (AvgIpc) is 2.82. The molecule has 0 bridgehead atoms. The van der Waals surface area contributed by atoms with Crippen molar-refractivity contribution in [1.82, 2.24) is 0 Å². The molecule has 0 spiro atoms. The van der Waals surface area contributed by atoms with Crippen molar-refractivity contribution in [2.24, 2.45) is 0 Å². The molecule has 0 aliphatic heterocycles. The molecule has 0 fully saturated rings. The third-order valence-corrected chi connectivity index (χ3v) is 10.7. The lowest BCUT2D eigenvalue weighted by Gasteiger charge is -2.30. The summed E-state index contributed by atoms with van der Waals surface area (Å²) in [5.74, 6) is 0. The number of rotatable bonds is 25. The van der Waals surface area contributed by atoms with Gasteiger partial charge in [0.2, 0.25) is 0 Å². The van der Waals surface area contributed by atoms with E-state index in [1.807, 2.05) is 0 Å². The smallest absolute Gasteiger partial charge is 0.373 e. The lowest BCUT2D eigenvalue weighted by molar-refractivity contribution is 0.0570. The topological polar surface area (TPSA) is 55.4 Å². The lowest BCUT2D eigenvalue weighted by atomic mass is 10.2. The van der Waals surface area contributed by atoms with E-state index in [-0.39, 0.29) is 0 Å². The fourth-order valence-corrected chi connectivity index (χ4v) is 9.09. The van der Waals surface area contributed by atoms with Crippen LogP contribution in [0.3, 0.4) is 0 Å². The minimum absolute atomic E-state index is 0.714. The molecule has 0 atom stereocenters. The van der Waals surface area contributed by atoms with E-state index in [2.05, 4.69) is 41.5 Å². The van der Waals surface area contributed by atoms with Crippen molar-refractivity contribution in [2.75, 3.05) is 39.6 Å². The van der Waals surface area contributed by atoms with Gasteiger partial charge in [0.1, 0.15) is 0 Å². The Balaban J connectivity index is 4.72. The highest BCUT2D eigenvalue weighted by atomic mass is 28.4. The predicted molar refractivity (Wildman–Crippen MR) is 137 cm³/mol. The Morgan fingerprint density at radius 3 is 0.750 bits per heavy atom. The van der Waals surface area contributed by atoms with E-state index in [0.29, 0.717) is 39.6 Å². The fourth-order valence-electron chi connectivity index (χ4n) is 3.26. The average molecular weight is 495 g/mol. The molecular formula is C24H54O6Si2. The van der Waals surface area contributed by atoms with E-state index < -0.39 is 17.6 Å². The van der Waals surface area contributed by atoms with Crippen LogP contribution in [0.1, 0.15) is 106 Å². The highest BCUT2D eigenvalue weighted by Crippen LogP contribution is 2.24. The molecule has 0 N–H and O–H groups in total. The molecular weight excluding hydrogens is 440 g/mol. The molecule has 0 aromatic rings. The standard InChI is InChI=1S/C24H54O6Si2/c1-7-17-25-31(26-18-8-2,27-19-9-3)23-15-13-14-16-24-32(28-20-10-4,29-21-11-5)30-22-12-6/h7-24H2,1-6H3. The molecule has 8 heteroatoms. The van der Waals surface area contributed by atoms with Crippen LogP contribution in [0.4, 0.5) is 0 Å². The maximum absolute atomic E-state index is 6.22. The summed E-state index contributed by atoms with van der Waals surface area (Å²) < 4.78 is 37.3. The maximum atomic E-state index is 6.22. The monoisotopic (exact) mass is 494 g/mol. The number of unbranched alkanes of at least 4 members (excludes halogenated alkanes) is 3. The molecule has 0 heterocycles. The number of hydrogen-bond donors (Lipinski definition) is 0.